The van der Waals surface area contributed by atoms with Crippen LogP contribution < -0.4 is 23.8 Å². The Labute approximate surface area is 229 Å². The van der Waals surface area contributed by atoms with Gasteiger partial charge in [0.05, 0.1) is 31.9 Å². The van der Waals surface area contributed by atoms with Gasteiger partial charge in [-0.15, -0.1) is 0 Å². The van der Waals surface area contributed by atoms with E-state index in [2.05, 4.69) is 5.32 Å². The van der Waals surface area contributed by atoms with E-state index in [1.54, 1.807) is 68.6 Å². The van der Waals surface area contributed by atoms with Gasteiger partial charge in [-0.3, -0.25) is 13.9 Å². The number of benzene rings is 3. The second-order valence-corrected chi connectivity index (χ2v) is 10.4. The Morgan fingerprint density at radius 2 is 1.51 bits per heavy atom. The summed E-state index contributed by atoms with van der Waals surface area (Å²) in [7, 11) is 1.65. The highest BCUT2D eigenvalue weighted by Gasteiger charge is 2.32. The molecule has 1 N–H and O–H groups in total. The van der Waals surface area contributed by atoms with E-state index in [1.165, 1.54) is 44.4 Å². The van der Waals surface area contributed by atoms with Crippen LogP contribution in [0.25, 0.3) is 0 Å². The summed E-state index contributed by atoms with van der Waals surface area (Å²) in [6.07, 6.45) is 0. The van der Waals surface area contributed by atoms with E-state index in [-0.39, 0.29) is 28.8 Å². The zero-order valence-electron chi connectivity index (χ0n) is 22.6. The topological polar surface area (TPSA) is 114 Å². The summed E-state index contributed by atoms with van der Waals surface area (Å²) < 4.78 is 44.6. The van der Waals surface area contributed by atoms with Crippen LogP contribution >= 0.6 is 0 Å². The first kappa shape index (κ1) is 29.3. The third-order valence-corrected chi connectivity index (χ3v) is 7.96. The van der Waals surface area contributed by atoms with Gasteiger partial charge in [0.2, 0.25) is 11.8 Å². The van der Waals surface area contributed by atoms with Crippen molar-refractivity contribution < 1.29 is 32.2 Å². The molecule has 11 heteroatoms. The molecule has 0 saturated heterocycles. The van der Waals surface area contributed by atoms with Gasteiger partial charge in [0.1, 0.15) is 18.3 Å². The molecule has 3 rings (SSSR count). The molecular formula is C28H33N3O7S. The van der Waals surface area contributed by atoms with E-state index in [9.17, 15) is 18.0 Å². The molecule has 0 spiro atoms. The standard InChI is InChI=1S/C28H33N3O7S/c1-20(28(33)29-2)30(18-21-11-13-23(36-3)14-12-21)27(32)19-31(22-9-7-6-8-10-22)39(34,35)24-15-16-25(37-4)26(17-24)38-5/h6-17,20H,18-19H2,1-5H3,(H,29,33)/t20-/m0/s1. The normalized spacial score (nSPS) is 11.7. The van der Waals surface area contributed by atoms with Crippen molar-refractivity contribution in [1.29, 1.82) is 0 Å². The van der Waals surface area contributed by atoms with Crippen molar-refractivity contribution in [3.05, 3.63) is 78.4 Å². The first-order valence-corrected chi connectivity index (χ1v) is 13.5. The minimum absolute atomic E-state index is 0.0798. The largest absolute Gasteiger partial charge is 0.497 e. The molecule has 0 bridgehead atoms. The summed E-state index contributed by atoms with van der Waals surface area (Å²) in [6, 6.07) is 18.7. The maximum Gasteiger partial charge on any atom is 0.264 e. The summed E-state index contributed by atoms with van der Waals surface area (Å²) in [5.74, 6) is 0.295. The molecular weight excluding hydrogens is 522 g/mol. The van der Waals surface area contributed by atoms with Crippen molar-refractivity contribution in [2.45, 2.75) is 24.4 Å². The Morgan fingerprint density at radius 1 is 0.872 bits per heavy atom. The van der Waals surface area contributed by atoms with Gasteiger partial charge in [-0.05, 0) is 48.9 Å². The lowest BCUT2D eigenvalue weighted by molar-refractivity contribution is -0.139. The summed E-state index contributed by atoms with van der Waals surface area (Å²) >= 11 is 0. The molecule has 208 valence electrons. The number of anilines is 1. The highest BCUT2D eigenvalue weighted by atomic mass is 32.2. The molecule has 3 aromatic carbocycles. The summed E-state index contributed by atoms with van der Waals surface area (Å²) in [5, 5.41) is 2.56. The number of nitrogens with zero attached hydrogens (tertiary/aromatic N) is 2. The number of likely N-dealkylation sites (N-methyl/N-ethyl adjacent to an activating group) is 1. The Bertz CT molecular complexity index is 1380. The first-order valence-electron chi connectivity index (χ1n) is 12.1. The van der Waals surface area contributed by atoms with Crippen LogP contribution in [-0.4, -0.2) is 66.1 Å². The molecule has 1 atom stereocenters. The third kappa shape index (κ3) is 6.80. The molecule has 3 aromatic rings. The number of hydrogen-bond donors (Lipinski definition) is 1. The Morgan fingerprint density at radius 3 is 2.08 bits per heavy atom. The SMILES string of the molecule is CNC(=O)[C@H](C)N(Cc1ccc(OC)cc1)C(=O)CN(c1ccccc1)S(=O)(=O)c1ccc(OC)c(OC)c1. The third-order valence-electron chi connectivity index (χ3n) is 6.19. The van der Waals surface area contributed by atoms with Gasteiger partial charge >= 0.3 is 0 Å². The highest BCUT2D eigenvalue weighted by Crippen LogP contribution is 2.32. The van der Waals surface area contributed by atoms with Crippen LogP contribution in [0, 0.1) is 0 Å². The molecule has 0 unspecified atom stereocenters. The lowest BCUT2D eigenvalue weighted by Crippen LogP contribution is -2.50. The van der Waals surface area contributed by atoms with E-state index < -0.39 is 28.5 Å². The zero-order chi connectivity index (χ0) is 28.6. The minimum atomic E-state index is -4.24. The van der Waals surface area contributed by atoms with E-state index in [0.717, 1.165) is 9.87 Å². The fourth-order valence-electron chi connectivity index (χ4n) is 3.95. The van der Waals surface area contributed by atoms with E-state index in [1.807, 2.05) is 0 Å². The maximum atomic E-state index is 13.9. The smallest absolute Gasteiger partial charge is 0.264 e. The summed E-state index contributed by atoms with van der Waals surface area (Å²) in [6.45, 7) is 1.13. The van der Waals surface area contributed by atoms with Gasteiger partial charge in [-0.25, -0.2) is 8.42 Å². The van der Waals surface area contributed by atoms with Crippen LogP contribution in [0.5, 0.6) is 17.2 Å². The van der Waals surface area contributed by atoms with Gasteiger partial charge in [-0.1, -0.05) is 30.3 Å². The average molecular weight is 556 g/mol. The minimum Gasteiger partial charge on any atom is -0.497 e. The van der Waals surface area contributed by atoms with Crippen molar-refractivity contribution in [1.82, 2.24) is 10.2 Å². The van der Waals surface area contributed by atoms with Crippen LogP contribution in [0.2, 0.25) is 0 Å². The van der Waals surface area contributed by atoms with Crippen molar-refractivity contribution in [2.24, 2.45) is 0 Å². The summed E-state index contributed by atoms with van der Waals surface area (Å²) in [4.78, 5) is 27.6. The number of hydrogen-bond acceptors (Lipinski definition) is 7. The van der Waals surface area contributed by atoms with Gasteiger partial charge in [-0.2, -0.15) is 0 Å². The molecule has 0 heterocycles. The fourth-order valence-corrected chi connectivity index (χ4v) is 5.38. The van der Waals surface area contributed by atoms with E-state index >= 15 is 0 Å². The number of carbonyl (C=O) groups is 2. The number of nitrogens with one attached hydrogen (secondary N) is 1. The molecule has 0 aromatic heterocycles. The van der Waals surface area contributed by atoms with Gasteiger partial charge in [0.15, 0.2) is 11.5 Å². The quantitative estimate of drug-likeness (QED) is 0.365. The second kappa shape index (κ2) is 13.0. The van der Waals surface area contributed by atoms with Gasteiger partial charge in [0.25, 0.3) is 10.0 Å². The number of amides is 2. The molecule has 0 saturated carbocycles. The van der Waals surface area contributed by atoms with Crippen molar-refractivity contribution in [3.63, 3.8) is 0 Å². The number of para-hydroxylation sites is 1. The molecule has 0 radical (unpaired) electrons. The molecule has 39 heavy (non-hydrogen) atoms. The van der Waals surface area contributed by atoms with Crippen molar-refractivity contribution >= 4 is 27.5 Å². The molecule has 2 amide bonds. The molecule has 10 nitrogen and oxygen atoms in total. The Hall–Kier alpha value is -4.25. The maximum absolute atomic E-state index is 13.9. The molecule has 0 aliphatic carbocycles. The number of ether oxygens (including phenoxy) is 3. The van der Waals surface area contributed by atoms with Crippen molar-refractivity contribution in [3.8, 4) is 17.2 Å². The predicted molar refractivity (Wildman–Crippen MR) is 148 cm³/mol. The lowest BCUT2D eigenvalue weighted by Gasteiger charge is -2.31. The summed E-state index contributed by atoms with van der Waals surface area (Å²) in [5.41, 5.74) is 1.03. The van der Waals surface area contributed by atoms with Crippen LogP contribution in [0.1, 0.15) is 12.5 Å². The van der Waals surface area contributed by atoms with E-state index in [4.69, 9.17) is 14.2 Å². The van der Waals surface area contributed by atoms with Crippen LogP contribution in [0.4, 0.5) is 5.69 Å². The van der Waals surface area contributed by atoms with Crippen molar-refractivity contribution in [2.75, 3.05) is 39.2 Å². The zero-order valence-corrected chi connectivity index (χ0v) is 23.4. The number of rotatable bonds is 12. The van der Waals surface area contributed by atoms with Crippen LogP contribution in [0.15, 0.2) is 77.7 Å². The van der Waals surface area contributed by atoms with Crippen LogP contribution in [0.3, 0.4) is 0 Å². The predicted octanol–water partition coefficient (Wildman–Crippen LogP) is 3.07. The number of carbonyl (C=O) groups excluding carboxylic acids is 2. The fraction of sp³-hybridized carbons (Fsp3) is 0.286. The Kier molecular flexibility index (Phi) is 9.78. The lowest BCUT2D eigenvalue weighted by atomic mass is 10.1. The van der Waals surface area contributed by atoms with Gasteiger partial charge in [0, 0.05) is 19.7 Å². The van der Waals surface area contributed by atoms with Crippen LogP contribution in [-0.2, 0) is 26.2 Å². The average Bonchev–Trinajstić information content (AvgIpc) is 2.97. The monoisotopic (exact) mass is 555 g/mol. The first-order chi connectivity index (χ1) is 18.7. The Balaban J connectivity index is 2.03. The number of methoxy groups -OCH3 is 3. The second-order valence-electron chi connectivity index (χ2n) is 8.52. The number of sulfonamides is 1. The van der Waals surface area contributed by atoms with Gasteiger partial charge < -0.3 is 24.4 Å². The molecule has 0 fully saturated rings. The highest BCUT2D eigenvalue weighted by molar-refractivity contribution is 7.92. The molecule has 0 aliphatic rings. The molecule has 0 aliphatic heterocycles. The van der Waals surface area contributed by atoms with E-state index in [0.29, 0.717) is 11.5 Å².